The van der Waals surface area contributed by atoms with Crippen molar-refractivity contribution in [1.29, 1.82) is 0 Å². The second-order valence-corrected chi connectivity index (χ2v) is 6.82. The molecule has 0 bridgehead atoms. The van der Waals surface area contributed by atoms with E-state index in [9.17, 15) is 4.79 Å². The van der Waals surface area contributed by atoms with Crippen LogP contribution in [0.2, 0.25) is 0 Å². The lowest BCUT2D eigenvalue weighted by Crippen LogP contribution is -2.32. The van der Waals surface area contributed by atoms with Crippen molar-refractivity contribution < 1.29 is 0 Å². The lowest BCUT2D eigenvalue weighted by Gasteiger charge is -2.29. The Hall–Kier alpha value is -3.20. The highest BCUT2D eigenvalue weighted by Gasteiger charge is 2.28. The van der Waals surface area contributed by atoms with E-state index in [0.29, 0.717) is 11.9 Å². The number of aromatic nitrogens is 2. The molecule has 0 aliphatic carbocycles. The van der Waals surface area contributed by atoms with E-state index in [1.807, 2.05) is 41.0 Å². The number of para-hydroxylation sites is 1. The number of hydrogen-bond donors (Lipinski definition) is 0. The average Bonchev–Trinajstić information content (AvgIpc) is 2.70. The molecular formula is C23H18N2O. The van der Waals surface area contributed by atoms with E-state index in [-0.39, 0.29) is 11.5 Å². The van der Waals surface area contributed by atoms with Crippen LogP contribution in [0.1, 0.15) is 28.4 Å². The zero-order chi connectivity index (χ0) is 17.5. The molecule has 0 amide bonds. The summed E-state index contributed by atoms with van der Waals surface area (Å²) in [5, 5.41) is 0.689. The molecule has 0 saturated heterocycles. The Kier molecular flexibility index (Phi) is 3.45. The van der Waals surface area contributed by atoms with Gasteiger partial charge in [-0.05, 0) is 35.2 Å². The maximum atomic E-state index is 13.1. The SMILES string of the molecule is O=c1c2ccccc2nc2n1Cc1ccccc1C2Cc1ccccc1. The van der Waals surface area contributed by atoms with Crippen LogP contribution in [0.25, 0.3) is 10.9 Å². The second kappa shape index (κ2) is 5.95. The smallest absolute Gasteiger partial charge is 0.261 e. The first kappa shape index (κ1) is 15.1. The minimum atomic E-state index is 0.0539. The van der Waals surface area contributed by atoms with Gasteiger partial charge in [-0.25, -0.2) is 4.98 Å². The molecule has 0 radical (unpaired) electrons. The normalized spacial score (nSPS) is 15.5. The molecule has 1 atom stereocenters. The van der Waals surface area contributed by atoms with Crippen molar-refractivity contribution in [2.24, 2.45) is 0 Å². The highest BCUT2D eigenvalue weighted by atomic mass is 16.1. The van der Waals surface area contributed by atoms with E-state index in [1.54, 1.807) is 0 Å². The molecule has 0 saturated carbocycles. The van der Waals surface area contributed by atoms with Gasteiger partial charge in [0.2, 0.25) is 0 Å². The Morgan fingerprint density at radius 2 is 1.62 bits per heavy atom. The molecule has 1 aliphatic rings. The van der Waals surface area contributed by atoms with Gasteiger partial charge >= 0.3 is 0 Å². The highest BCUT2D eigenvalue weighted by Crippen LogP contribution is 2.34. The van der Waals surface area contributed by atoms with Crippen LogP contribution in [0.3, 0.4) is 0 Å². The number of benzene rings is 3. The quantitative estimate of drug-likeness (QED) is 0.551. The molecule has 4 aromatic rings. The maximum absolute atomic E-state index is 13.1. The molecule has 2 heterocycles. The van der Waals surface area contributed by atoms with Crippen LogP contribution >= 0.6 is 0 Å². The summed E-state index contributed by atoms with van der Waals surface area (Å²) in [6.45, 7) is 0.591. The molecule has 1 unspecified atom stereocenters. The monoisotopic (exact) mass is 338 g/mol. The van der Waals surface area contributed by atoms with Gasteiger partial charge in [0, 0.05) is 5.92 Å². The molecule has 3 heteroatoms. The molecule has 1 aromatic heterocycles. The van der Waals surface area contributed by atoms with E-state index in [2.05, 4.69) is 42.5 Å². The van der Waals surface area contributed by atoms with Gasteiger partial charge in [-0.15, -0.1) is 0 Å². The fraction of sp³-hybridized carbons (Fsp3) is 0.130. The van der Waals surface area contributed by atoms with Crippen molar-refractivity contribution in [3.8, 4) is 0 Å². The second-order valence-electron chi connectivity index (χ2n) is 6.82. The number of hydrogen-bond acceptors (Lipinski definition) is 2. The number of nitrogens with zero attached hydrogens (tertiary/aromatic N) is 2. The van der Waals surface area contributed by atoms with Gasteiger partial charge in [0.05, 0.1) is 17.4 Å². The van der Waals surface area contributed by atoms with Gasteiger partial charge in [0.25, 0.3) is 5.56 Å². The summed E-state index contributed by atoms with van der Waals surface area (Å²) in [5.41, 5.74) is 4.57. The Bertz CT molecular complexity index is 1160. The molecule has 0 fully saturated rings. The van der Waals surface area contributed by atoms with Gasteiger partial charge in [-0.2, -0.15) is 0 Å². The van der Waals surface area contributed by atoms with Crippen LogP contribution in [0.15, 0.2) is 83.7 Å². The van der Waals surface area contributed by atoms with E-state index < -0.39 is 0 Å². The molecule has 26 heavy (non-hydrogen) atoms. The summed E-state index contributed by atoms with van der Waals surface area (Å²) in [6.07, 6.45) is 0.836. The van der Waals surface area contributed by atoms with Gasteiger partial charge in [0.1, 0.15) is 5.82 Å². The summed E-state index contributed by atoms with van der Waals surface area (Å²) < 4.78 is 1.86. The standard InChI is InChI=1S/C23H18N2O/c26-23-19-12-6-7-13-21(19)24-22-20(14-16-8-2-1-3-9-16)18-11-5-4-10-17(18)15-25(22)23/h1-13,20H,14-15H2. The van der Waals surface area contributed by atoms with E-state index in [4.69, 9.17) is 4.98 Å². The van der Waals surface area contributed by atoms with Gasteiger partial charge in [-0.1, -0.05) is 66.7 Å². The van der Waals surface area contributed by atoms with Crippen LogP contribution in [-0.2, 0) is 13.0 Å². The Labute approximate surface area is 151 Å². The van der Waals surface area contributed by atoms with E-state index in [1.165, 1.54) is 16.7 Å². The van der Waals surface area contributed by atoms with E-state index in [0.717, 1.165) is 17.8 Å². The summed E-state index contributed by atoms with van der Waals surface area (Å²) in [4.78, 5) is 18.0. The minimum absolute atomic E-state index is 0.0539. The first-order valence-electron chi connectivity index (χ1n) is 8.92. The van der Waals surface area contributed by atoms with Crippen LogP contribution in [-0.4, -0.2) is 9.55 Å². The molecule has 1 aliphatic heterocycles. The predicted molar refractivity (Wildman–Crippen MR) is 104 cm³/mol. The number of fused-ring (bicyclic) bond motifs is 3. The molecule has 0 spiro atoms. The Morgan fingerprint density at radius 1 is 0.885 bits per heavy atom. The number of rotatable bonds is 2. The molecule has 3 nitrogen and oxygen atoms in total. The van der Waals surface area contributed by atoms with Crippen LogP contribution in [0, 0.1) is 0 Å². The summed E-state index contributed by atoms with van der Waals surface area (Å²) >= 11 is 0. The van der Waals surface area contributed by atoms with Crippen LogP contribution in [0.5, 0.6) is 0 Å². The van der Waals surface area contributed by atoms with Crippen molar-refractivity contribution in [2.45, 2.75) is 18.9 Å². The van der Waals surface area contributed by atoms with Crippen molar-refractivity contribution in [1.82, 2.24) is 9.55 Å². The third-order valence-electron chi connectivity index (χ3n) is 5.24. The summed E-state index contributed by atoms with van der Waals surface area (Å²) in [6, 6.07) is 26.5. The lowest BCUT2D eigenvalue weighted by molar-refractivity contribution is 0.583. The zero-order valence-electron chi connectivity index (χ0n) is 14.3. The Morgan fingerprint density at radius 3 is 2.50 bits per heavy atom. The van der Waals surface area contributed by atoms with Gasteiger partial charge in [0.15, 0.2) is 0 Å². The summed E-state index contributed by atoms with van der Waals surface area (Å²) in [7, 11) is 0. The van der Waals surface area contributed by atoms with E-state index >= 15 is 0 Å². The maximum Gasteiger partial charge on any atom is 0.261 e. The molecule has 0 N–H and O–H groups in total. The predicted octanol–water partition coefficient (Wildman–Crippen LogP) is 4.13. The van der Waals surface area contributed by atoms with Crippen molar-refractivity contribution in [3.05, 3.63) is 112 Å². The van der Waals surface area contributed by atoms with Crippen LogP contribution in [0.4, 0.5) is 0 Å². The molecule has 5 rings (SSSR count). The Balaban J connectivity index is 1.75. The third kappa shape index (κ3) is 2.36. The lowest BCUT2D eigenvalue weighted by atomic mass is 9.85. The van der Waals surface area contributed by atoms with Crippen molar-refractivity contribution >= 4 is 10.9 Å². The van der Waals surface area contributed by atoms with Crippen molar-refractivity contribution in [2.75, 3.05) is 0 Å². The van der Waals surface area contributed by atoms with Crippen LogP contribution < -0.4 is 5.56 Å². The fourth-order valence-corrected chi connectivity index (χ4v) is 3.98. The minimum Gasteiger partial charge on any atom is -0.291 e. The highest BCUT2D eigenvalue weighted by molar-refractivity contribution is 5.77. The molecular weight excluding hydrogens is 320 g/mol. The topological polar surface area (TPSA) is 34.9 Å². The molecule has 126 valence electrons. The largest absolute Gasteiger partial charge is 0.291 e. The van der Waals surface area contributed by atoms with Crippen molar-refractivity contribution in [3.63, 3.8) is 0 Å². The third-order valence-corrected chi connectivity index (χ3v) is 5.24. The van der Waals surface area contributed by atoms with Gasteiger partial charge in [-0.3, -0.25) is 9.36 Å². The fourth-order valence-electron chi connectivity index (χ4n) is 3.98. The first-order chi connectivity index (χ1) is 12.8. The average molecular weight is 338 g/mol. The summed E-state index contributed by atoms with van der Waals surface area (Å²) in [5.74, 6) is 0.955. The van der Waals surface area contributed by atoms with Gasteiger partial charge < -0.3 is 0 Å². The first-order valence-corrected chi connectivity index (χ1v) is 8.92. The zero-order valence-corrected chi connectivity index (χ0v) is 14.3. The molecule has 3 aromatic carbocycles.